The van der Waals surface area contributed by atoms with Crippen molar-refractivity contribution in [1.82, 2.24) is 5.32 Å². The lowest BCUT2D eigenvalue weighted by atomic mass is 9.94. The molecule has 3 saturated carbocycles. The Hall–Kier alpha value is -0.0800. The maximum absolute atomic E-state index is 6.39. The quantitative estimate of drug-likeness (QED) is 0.724. The summed E-state index contributed by atoms with van der Waals surface area (Å²) in [5, 5.41) is 3.82. The third kappa shape index (κ3) is 2.60. The van der Waals surface area contributed by atoms with Crippen LogP contribution >= 0.6 is 0 Å². The molecular formula is C14H26N2. The number of hydrogen-bond donors (Lipinski definition) is 2. The third-order valence-corrected chi connectivity index (χ3v) is 4.86. The Morgan fingerprint density at radius 1 is 1.06 bits per heavy atom. The molecule has 0 saturated heterocycles. The maximum atomic E-state index is 6.39. The molecule has 0 aliphatic heterocycles. The molecule has 92 valence electrons. The molecule has 2 nitrogen and oxygen atoms in total. The van der Waals surface area contributed by atoms with Gasteiger partial charge in [-0.1, -0.05) is 12.8 Å². The molecule has 3 N–H and O–H groups in total. The molecule has 0 radical (unpaired) electrons. The Bertz CT molecular complexity index is 225. The predicted octanol–water partition coefficient (Wildman–Crippen LogP) is 2.43. The lowest BCUT2D eigenvalue weighted by Gasteiger charge is -2.25. The third-order valence-electron chi connectivity index (χ3n) is 4.86. The first-order chi connectivity index (χ1) is 7.77. The molecule has 0 atom stereocenters. The van der Waals surface area contributed by atoms with Gasteiger partial charge in [0.05, 0.1) is 0 Å². The van der Waals surface area contributed by atoms with E-state index in [4.69, 9.17) is 5.73 Å². The SMILES string of the molecule is NC1(CCNC(C2CC2)C2CC2)CCCC1. The van der Waals surface area contributed by atoms with E-state index in [0.717, 1.165) is 24.4 Å². The molecule has 3 rings (SSSR count). The van der Waals surface area contributed by atoms with Gasteiger partial charge >= 0.3 is 0 Å². The van der Waals surface area contributed by atoms with Crippen LogP contribution < -0.4 is 11.1 Å². The summed E-state index contributed by atoms with van der Waals surface area (Å²) < 4.78 is 0. The number of nitrogens with one attached hydrogen (secondary N) is 1. The average molecular weight is 222 g/mol. The van der Waals surface area contributed by atoms with Crippen molar-refractivity contribution in [3.8, 4) is 0 Å². The minimum Gasteiger partial charge on any atom is -0.325 e. The van der Waals surface area contributed by atoms with Crippen LogP contribution in [0.3, 0.4) is 0 Å². The summed E-state index contributed by atoms with van der Waals surface area (Å²) in [5.74, 6) is 2.04. The van der Waals surface area contributed by atoms with Gasteiger partial charge < -0.3 is 11.1 Å². The fraction of sp³-hybridized carbons (Fsp3) is 1.00. The van der Waals surface area contributed by atoms with Crippen molar-refractivity contribution in [3.05, 3.63) is 0 Å². The van der Waals surface area contributed by atoms with Crippen LogP contribution in [0.1, 0.15) is 57.8 Å². The zero-order chi connectivity index (χ0) is 11.0. The van der Waals surface area contributed by atoms with Crippen LogP contribution in [0, 0.1) is 11.8 Å². The monoisotopic (exact) mass is 222 g/mol. The van der Waals surface area contributed by atoms with Gasteiger partial charge in [0.2, 0.25) is 0 Å². The van der Waals surface area contributed by atoms with E-state index >= 15 is 0 Å². The van der Waals surface area contributed by atoms with Crippen molar-refractivity contribution >= 4 is 0 Å². The van der Waals surface area contributed by atoms with Gasteiger partial charge in [-0.25, -0.2) is 0 Å². The van der Waals surface area contributed by atoms with E-state index < -0.39 is 0 Å². The Kier molecular flexibility index (Phi) is 2.97. The Labute approximate surface area is 99.4 Å². The highest BCUT2D eigenvalue weighted by Gasteiger charge is 2.41. The second-order valence-corrected chi connectivity index (χ2v) is 6.47. The molecule has 2 heteroatoms. The van der Waals surface area contributed by atoms with Crippen LogP contribution in [-0.4, -0.2) is 18.1 Å². The van der Waals surface area contributed by atoms with Gasteiger partial charge in [0, 0.05) is 11.6 Å². The largest absolute Gasteiger partial charge is 0.325 e. The molecule has 0 heterocycles. The van der Waals surface area contributed by atoms with Crippen LogP contribution in [0.2, 0.25) is 0 Å². The van der Waals surface area contributed by atoms with E-state index in [9.17, 15) is 0 Å². The Morgan fingerprint density at radius 2 is 1.62 bits per heavy atom. The molecule has 0 aromatic heterocycles. The molecular weight excluding hydrogens is 196 g/mol. The van der Waals surface area contributed by atoms with Gasteiger partial charge in [-0.05, 0) is 63.3 Å². The molecule has 0 unspecified atom stereocenters. The van der Waals surface area contributed by atoms with E-state index in [1.165, 1.54) is 57.8 Å². The summed E-state index contributed by atoms with van der Waals surface area (Å²) >= 11 is 0. The molecule has 0 aromatic rings. The summed E-state index contributed by atoms with van der Waals surface area (Å²) in [7, 11) is 0. The highest BCUT2D eigenvalue weighted by atomic mass is 15.0. The summed E-state index contributed by atoms with van der Waals surface area (Å²) in [6, 6.07) is 0.852. The fourth-order valence-corrected chi connectivity index (χ4v) is 3.45. The standard InChI is InChI=1S/C14H26N2/c15-14(7-1-2-8-14)9-10-16-13(11-3-4-11)12-5-6-12/h11-13,16H,1-10,15H2. The van der Waals surface area contributed by atoms with Crippen LogP contribution in [0.5, 0.6) is 0 Å². The average Bonchev–Trinajstić information content (AvgIpc) is 3.16. The summed E-state index contributed by atoms with van der Waals surface area (Å²) in [6.07, 6.45) is 12.3. The van der Waals surface area contributed by atoms with E-state index in [1.807, 2.05) is 0 Å². The van der Waals surface area contributed by atoms with Gasteiger partial charge in [0.25, 0.3) is 0 Å². The first-order valence-electron chi connectivity index (χ1n) is 7.29. The molecule has 0 spiro atoms. The maximum Gasteiger partial charge on any atom is 0.0166 e. The highest BCUT2D eigenvalue weighted by Crippen LogP contribution is 2.44. The van der Waals surface area contributed by atoms with Crippen LogP contribution in [0.4, 0.5) is 0 Å². The first kappa shape index (κ1) is 11.0. The molecule has 0 bridgehead atoms. The second kappa shape index (κ2) is 4.30. The molecule has 0 amide bonds. The smallest absolute Gasteiger partial charge is 0.0166 e. The van der Waals surface area contributed by atoms with Crippen molar-refractivity contribution in [2.75, 3.05) is 6.54 Å². The highest BCUT2D eigenvalue weighted by molar-refractivity contribution is 4.97. The van der Waals surface area contributed by atoms with Crippen molar-refractivity contribution in [2.24, 2.45) is 17.6 Å². The summed E-state index contributed by atoms with van der Waals surface area (Å²) in [4.78, 5) is 0. The van der Waals surface area contributed by atoms with E-state index in [1.54, 1.807) is 0 Å². The topological polar surface area (TPSA) is 38.0 Å². The molecule has 3 aliphatic rings. The van der Waals surface area contributed by atoms with Crippen molar-refractivity contribution in [2.45, 2.75) is 69.4 Å². The van der Waals surface area contributed by atoms with Gasteiger partial charge in [-0.2, -0.15) is 0 Å². The van der Waals surface area contributed by atoms with Crippen LogP contribution in [-0.2, 0) is 0 Å². The van der Waals surface area contributed by atoms with E-state index in [2.05, 4.69) is 5.32 Å². The Balaban J connectivity index is 1.41. The number of nitrogens with two attached hydrogens (primary N) is 1. The zero-order valence-electron chi connectivity index (χ0n) is 10.4. The second-order valence-electron chi connectivity index (χ2n) is 6.47. The molecule has 3 aliphatic carbocycles. The zero-order valence-corrected chi connectivity index (χ0v) is 10.4. The van der Waals surface area contributed by atoms with Gasteiger partial charge in [0.1, 0.15) is 0 Å². The van der Waals surface area contributed by atoms with E-state index in [-0.39, 0.29) is 5.54 Å². The van der Waals surface area contributed by atoms with Crippen molar-refractivity contribution < 1.29 is 0 Å². The van der Waals surface area contributed by atoms with Gasteiger partial charge in [0.15, 0.2) is 0 Å². The predicted molar refractivity (Wildman–Crippen MR) is 67.2 cm³/mol. The molecule has 0 aromatic carbocycles. The summed E-state index contributed by atoms with van der Waals surface area (Å²) in [5.41, 5.74) is 6.57. The fourth-order valence-electron chi connectivity index (χ4n) is 3.45. The van der Waals surface area contributed by atoms with E-state index in [0.29, 0.717) is 0 Å². The van der Waals surface area contributed by atoms with Crippen LogP contribution in [0.25, 0.3) is 0 Å². The minimum absolute atomic E-state index is 0.185. The summed E-state index contributed by atoms with van der Waals surface area (Å²) in [6.45, 7) is 1.16. The lowest BCUT2D eigenvalue weighted by Crippen LogP contribution is -2.42. The normalized spacial score (nSPS) is 28.9. The number of hydrogen-bond acceptors (Lipinski definition) is 2. The lowest BCUT2D eigenvalue weighted by molar-refractivity contribution is 0.353. The molecule has 3 fully saturated rings. The Morgan fingerprint density at radius 3 is 2.12 bits per heavy atom. The van der Waals surface area contributed by atoms with Gasteiger partial charge in [-0.3, -0.25) is 0 Å². The first-order valence-corrected chi connectivity index (χ1v) is 7.29. The van der Waals surface area contributed by atoms with Crippen LogP contribution in [0.15, 0.2) is 0 Å². The van der Waals surface area contributed by atoms with Crippen molar-refractivity contribution in [3.63, 3.8) is 0 Å². The van der Waals surface area contributed by atoms with Crippen molar-refractivity contribution in [1.29, 1.82) is 0 Å². The minimum atomic E-state index is 0.185. The molecule has 16 heavy (non-hydrogen) atoms. The number of rotatable bonds is 6. The van der Waals surface area contributed by atoms with Gasteiger partial charge in [-0.15, -0.1) is 0 Å².